The maximum absolute atomic E-state index is 4.91. The molecule has 1 aromatic carbocycles. The Hall–Kier alpha value is -1.02. The molecule has 2 heteroatoms. The Morgan fingerprint density at radius 1 is 1.18 bits per heavy atom. The molecule has 0 atom stereocenters. The summed E-state index contributed by atoms with van der Waals surface area (Å²) in [6.07, 6.45) is 0. The molecule has 60 valence electrons. The van der Waals surface area contributed by atoms with Gasteiger partial charge in [-0.3, -0.25) is 0 Å². The summed E-state index contributed by atoms with van der Waals surface area (Å²) in [5.41, 5.74) is 1.22. The molecule has 0 saturated heterocycles. The Balaban J connectivity index is 2.52. The van der Waals surface area contributed by atoms with Crippen molar-refractivity contribution in [3.8, 4) is 5.75 Å². The molecule has 0 aliphatic rings. The zero-order valence-corrected chi connectivity index (χ0v) is 6.83. The van der Waals surface area contributed by atoms with Gasteiger partial charge in [-0.15, -0.1) is 0 Å². The summed E-state index contributed by atoms with van der Waals surface area (Å²) in [7, 11) is 0. The van der Waals surface area contributed by atoms with E-state index in [0.29, 0.717) is 6.61 Å². The molecule has 0 spiro atoms. The van der Waals surface area contributed by atoms with Crippen LogP contribution in [0.3, 0.4) is 0 Å². The van der Waals surface area contributed by atoms with Crippen molar-refractivity contribution in [2.24, 2.45) is 0 Å². The Labute approximate surface area is 66.7 Å². The average molecular weight is 152 g/mol. The molecule has 0 heterocycles. The fraction of sp³-hybridized carbons (Fsp3) is 0.333. The molecule has 1 aromatic rings. The molecule has 0 radical (unpaired) electrons. The third-order valence-corrected chi connectivity index (χ3v) is 1.29. The lowest BCUT2D eigenvalue weighted by Gasteiger charge is -2.01. The smallest absolute Gasteiger partial charge is 0.165 e. The highest BCUT2D eigenvalue weighted by molar-refractivity contribution is 5.25. The minimum Gasteiger partial charge on any atom is -0.338 e. The Kier molecular flexibility index (Phi) is 2.93. The molecular formula is C9H12O2. The predicted molar refractivity (Wildman–Crippen MR) is 43.4 cm³/mol. The van der Waals surface area contributed by atoms with E-state index in [1.165, 1.54) is 5.56 Å². The summed E-state index contributed by atoms with van der Waals surface area (Å²) in [6.45, 7) is 4.48. The van der Waals surface area contributed by atoms with Gasteiger partial charge in [0.1, 0.15) is 0 Å². The minimum absolute atomic E-state index is 0.563. The fourth-order valence-corrected chi connectivity index (χ4v) is 0.721. The second-order valence-corrected chi connectivity index (χ2v) is 2.30. The number of rotatable bonds is 3. The van der Waals surface area contributed by atoms with Gasteiger partial charge in [0, 0.05) is 0 Å². The summed E-state index contributed by atoms with van der Waals surface area (Å²) >= 11 is 0. The van der Waals surface area contributed by atoms with Gasteiger partial charge in [0.25, 0.3) is 0 Å². The van der Waals surface area contributed by atoms with Crippen molar-refractivity contribution in [1.82, 2.24) is 0 Å². The molecule has 0 fully saturated rings. The summed E-state index contributed by atoms with van der Waals surface area (Å²) in [5, 5.41) is 0. The van der Waals surface area contributed by atoms with E-state index in [1.54, 1.807) is 0 Å². The van der Waals surface area contributed by atoms with Crippen LogP contribution in [-0.4, -0.2) is 6.61 Å². The lowest BCUT2D eigenvalue weighted by Crippen LogP contribution is -1.95. The van der Waals surface area contributed by atoms with Gasteiger partial charge in [-0.05, 0) is 26.0 Å². The third kappa shape index (κ3) is 2.60. The second kappa shape index (κ2) is 3.98. The van der Waals surface area contributed by atoms with Gasteiger partial charge in [-0.25, -0.2) is 0 Å². The highest BCUT2D eigenvalue weighted by atomic mass is 17.2. The number of hydrogen-bond donors (Lipinski definition) is 0. The van der Waals surface area contributed by atoms with Crippen molar-refractivity contribution < 1.29 is 9.78 Å². The molecule has 2 nitrogen and oxygen atoms in total. The molecule has 0 saturated carbocycles. The standard InChI is InChI=1S/C9H12O2/c1-3-10-11-9-6-4-8(2)5-7-9/h4-7H,3H2,1-2H3. The van der Waals surface area contributed by atoms with E-state index in [9.17, 15) is 0 Å². The van der Waals surface area contributed by atoms with E-state index in [0.717, 1.165) is 5.75 Å². The van der Waals surface area contributed by atoms with Gasteiger partial charge < -0.3 is 4.89 Å². The van der Waals surface area contributed by atoms with Gasteiger partial charge in [0.2, 0.25) is 0 Å². The number of benzene rings is 1. The third-order valence-electron chi connectivity index (χ3n) is 1.29. The van der Waals surface area contributed by atoms with E-state index >= 15 is 0 Å². The molecule has 0 aliphatic heterocycles. The van der Waals surface area contributed by atoms with E-state index in [2.05, 4.69) is 0 Å². The molecule has 11 heavy (non-hydrogen) atoms. The van der Waals surface area contributed by atoms with Crippen molar-refractivity contribution >= 4 is 0 Å². The first-order valence-electron chi connectivity index (χ1n) is 3.69. The number of aryl methyl sites for hydroxylation is 1. The first-order chi connectivity index (χ1) is 5.33. The van der Waals surface area contributed by atoms with Crippen LogP contribution >= 0.6 is 0 Å². The highest BCUT2D eigenvalue weighted by Gasteiger charge is 1.91. The maximum Gasteiger partial charge on any atom is 0.165 e. The zero-order chi connectivity index (χ0) is 8.10. The first-order valence-corrected chi connectivity index (χ1v) is 3.69. The lowest BCUT2D eigenvalue weighted by molar-refractivity contribution is -0.202. The van der Waals surface area contributed by atoms with E-state index in [4.69, 9.17) is 9.78 Å². The molecule has 0 bridgehead atoms. The van der Waals surface area contributed by atoms with Crippen LogP contribution in [0.4, 0.5) is 0 Å². The summed E-state index contributed by atoms with van der Waals surface area (Å²) in [4.78, 5) is 9.67. The fourth-order valence-electron chi connectivity index (χ4n) is 0.721. The maximum atomic E-state index is 4.91. The summed E-state index contributed by atoms with van der Waals surface area (Å²) in [6, 6.07) is 7.72. The van der Waals surface area contributed by atoms with Crippen LogP contribution in [0.5, 0.6) is 5.75 Å². The van der Waals surface area contributed by atoms with Crippen LogP contribution in [-0.2, 0) is 4.89 Å². The van der Waals surface area contributed by atoms with Gasteiger partial charge in [0.15, 0.2) is 5.75 Å². The van der Waals surface area contributed by atoms with Crippen molar-refractivity contribution in [2.45, 2.75) is 13.8 Å². The topological polar surface area (TPSA) is 18.5 Å². The van der Waals surface area contributed by atoms with Crippen molar-refractivity contribution in [1.29, 1.82) is 0 Å². The molecule has 0 amide bonds. The molecular weight excluding hydrogens is 140 g/mol. The Bertz CT molecular complexity index is 203. The average Bonchev–Trinajstić information content (AvgIpc) is 2.04. The van der Waals surface area contributed by atoms with Crippen LogP contribution in [0.1, 0.15) is 12.5 Å². The molecule has 0 N–H and O–H groups in total. The SMILES string of the molecule is CCOOc1ccc(C)cc1. The molecule has 0 unspecified atom stereocenters. The normalized spacial score (nSPS) is 9.64. The van der Waals surface area contributed by atoms with Gasteiger partial charge >= 0.3 is 0 Å². The van der Waals surface area contributed by atoms with Crippen molar-refractivity contribution in [3.63, 3.8) is 0 Å². The zero-order valence-electron chi connectivity index (χ0n) is 6.83. The van der Waals surface area contributed by atoms with Crippen LogP contribution in [0.25, 0.3) is 0 Å². The van der Waals surface area contributed by atoms with E-state index < -0.39 is 0 Å². The van der Waals surface area contributed by atoms with E-state index in [-0.39, 0.29) is 0 Å². The Morgan fingerprint density at radius 2 is 1.82 bits per heavy atom. The summed E-state index contributed by atoms with van der Waals surface area (Å²) < 4.78 is 0. The van der Waals surface area contributed by atoms with Gasteiger partial charge in [-0.2, -0.15) is 4.89 Å². The monoisotopic (exact) mass is 152 g/mol. The molecule has 0 aliphatic carbocycles. The first kappa shape index (κ1) is 8.08. The highest BCUT2D eigenvalue weighted by Crippen LogP contribution is 2.11. The second-order valence-electron chi connectivity index (χ2n) is 2.30. The Morgan fingerprint density at radius 3 is 2.36 bits per heavy atom. The molecule has 0 aromatic heterocycles. The summed E-state index contributed by atoms with van der Waals surface area (Å²) in [5.74, 6) is 0.748. The number of hydrogen-bond acceptors (Lipinski definition) is 2. The lowest BCUT2D eigenvalue weighted by atomic mass is 10.2. The quantitative estimate of drug-likeness (QED) is 0.489. The predicted octanol–water partition coefficient (Wildman–Crippen LogP) is 2.33. The van der Waals surface area contributed by atoms with E-state index in [1.807, 2.05) is 38.1 Å². The van der Waals surface area contributed by atoms with Crippen molar-refractivity contribution in [2.75, 3.05) is 6.61 Å². The van der Waals surface area contributed by atoms with Crippen LogP contribution < -0.4 is 4.89 Å². The van der Waals surface area contributed by atoms with Gasteiger partial charge in [0.05, 0.1) is 6.61 Å². The molecule has 1 rings (SSSR count). The van der Waals surface area contributed by atoms with Crippen LogP contribution in [0, 0.1) is 6.92 Å². The van der Waals surface area contributed by atoms with Crippen LogP contribution in [0.2, 0.25) is 0 Å². The van der Waals surface area contributed by atoms with Crippen molar-refractivity contribution in [3.05, 3.63) is 29.8 Å². The van der Waals surface area contributed by atoms with Crippen LogP contribution in [0.15, 0.2) is 24.3 Å². The minimum atomic E-state index is 0.563. The largest absolute Gasteiger partial charge is 0.338 e. The van der Waals surface area contributed by atoms with Gasteiger partial charge in [-0.1, -0.05) is 17.7 Å².